The molecule has 0 amide bonds. The highest BCUT2D eigenvalue weighted by atomic mass is 32.1. The average molecular weight is 323 g/mol. The lowest BCUT2D eigenvalue weighted by Crippen LogP contribution is -2.03. The van der Waals surface area contributed by atoms with Crippen LogP contribution >= 0.6 is 11.3 Å². The van der Waals surface area contributed by atoms with E-state index in [-0.39, 0.29) is 0 Å². The van der Waals surface area contributed by atoms with Gasteiger partial charge < -0.3 is 0 Å². The monoisotopic (exact) mass is 323 g/mol. The van der Waals surface area contributed by atoms with Crippen LogP contribution in [-0.4, -0.2) is 24.6 Å². The molecule has 5 rings (SSSR count). The zero-order valence-electron chi connectivity index (χ0n) is 13.2. The lowest BCUT2D eigenvalue weighted by molar-refractivity contribution is 0.632. The molecule has 4 heterocycles. The van der Waals surface area contributed by atoms with Gasteiger partial charge in [-0.3, -0.25) is 4.40 Å². The minimum Gasteiger partial charge on any atom is -0.271 e. The van der Waals surface area contributed by atoms with E-state index in [4.69, 9.17) is 9.97 Å². The van der Waals surface area contributed by atoms with E-state index in [2.05, 4.69) is 24.0 Å². The number of aryl methyl sites for hydroxylation is 1. The fourth-order valence-electron chi connectivity index (χ4n) is 3.73. The molecule has 0 spiro atoms. The van der Waals surface area contributed by atoms with Gasteiger partial charge in [-0.15, -0.1) is 21.5 Å². The van der Waals surface area contributed by atoms with Crippen molar-refractivity contribution in [3.05, 3.63) is 29.5 Å². The van der Waals surface area contributed by atoms with Crippen LogP contribution in [0.15, 0.2) is 12.7 Å². The summed E-state index contributed by atoms with van der Waals surface area (Å²) in [6, 6.07) is 0. The number of aromatic nitrogens is 5. The van der Waals surface area contributed by atoms with Crippen LogP contribution in [0.5, 0.6) is 0 Å². The molecule has 4 aromatic heterocycles. The van der Waals surface area contributed by atoms with Crippen molar-refractivity contribution < 1.29 is 0 Å². The molecule has 23 heavy (non-hydrogen) atoms. The molecule has 5 nitrogen and oxygen atoms in total. The first kappa shape index (κ1) is 13.4. The van der Waals surface area contributed by atoms with E-state index in [9.17, 15) is 0 Å². The minimum atomic E-state index is 0.625. The highest BCUT2D eigenvalue weighted by Gasteiger charge is 2.24. The lowest BCUT2D eigenvalue weighted by Gasteiger charge is -2.11. The summed E-state index contributed by atoms with van der Waals surface area (Å²) in [6.45, 7) is 4.53. The molecule has 0 N–H and O–H groups in total. The van der Waals surface area contributed by atoms with Crippen molar-refractivity contribution in [3.63, 3.8) is 0 Å². The Hall–Kier alpha value is -2.08. The second-order valence-electron chi connectivity index (χ2n) is 6.73. The van der Waals surface area contributed by atoms with Gasteiger partial charge in [-0.1, -0.05) is 13.8 Å². The number of hydrogen-bond acceptors (Lipinski definition) is 5. The zero-order valence-corrected chi connectivity index (χ0v) is 14.0. The largest absolute Gasteiger partial charge is 0.271 e. The van der Waals surface area contributed by atoms with Crippen LogP contribution in [0.25, 0.3) is 26.1 Å². The van der Waals surface area contributed by atoms with Gasteiger partial charge in [0.2, 0.25) is 0 Å². The zero-order chi connectivity index (χ0) is 15.6. The Bertz CT molecular complexity index is 1060. The second kappa shape index (κ2) is 4.71. The van der Waals surface area contributed by atoms with Crippen LogP contribution in [0.2, 0.25) is 0 Å². The molecule has 0 bridgehead atoms. The Kier molecular flexibility index (Phi) is 2.74. The molecule has 0 atom stereocenters. The molecule has 1 aliphatic rings. The molecule has 4 aromatic rings. The Balaban J connectivity index is 1.91. The molecule has 1 aliphatic carbocycles. The summed E-state index contributed by atoms with van der Waals surface area (Å²) in [5.74, 6) is 0.625. The van der Waals surface area contributed by atoms with E-state index in [1.54, 1.807) is 17.7 Å². The van der Waals surface area contributed by atoms with Gasteiger partial charge in [0, 0.05) is 11.1 Å². The third-order valence-electron chi connectivity index (χ3n) is 4.66. The summed E-state index contributed by atoms with van der Waals surface area (Å²) in [4.78, 5) is 10.8. The van der Waals surface area contributed by atoms with Gasteiger partial charge in [0.05, 0.1) is 5.52 Å². The van der Waals surface area contributed by atoms with Crippen molar-refractivity contribution in [1.82, 2.24) is 24.6 Å². The van der Waals surface area contributed by atoms with Crippen LogP contribution in [0.3, 0.4) is 0 Å². The average Bonchev–Trinajstić information content (AvgIpc) is 3.22. The Morgan fingerprint density at radius 2 is 2.09 bits per heavy atom. The van der Waals surface area contributed by atoms with Gasteiger partial charge in [0.25, 0.3) is 0 Å². The summed E-state index contributed by atoms with van der Waals surface area (Å²) < 4.78 is 2.98. The summed E-state index contributed by atoms with van der Waals surface area (Å²) in [7, 11) is 0. The van der Waals surface area contributed by atoms with Crippen LogP contribution in [0, 0.1) is 5.92 Å². The highest BCUT2D eigenvalue weighted by molar-refractivity contribution is 7.26. The summed E-state index contributed by atoms with van der Waals surface area (Å²) in [6.07, 6.45) is 8.10. The summed E-state index contributed by atoms with van der Waals surface area (Å²) >= 11 is 1.71. The van der Waals surface area contributed by atoms with E-state index < -0.39 is 0 Å². The van der Waals surface area contributed by atoms with Crippen molar-refractivity contribution in [3.8, 4) is 0 Å². The van der Waals surface area contributed by atoms with Gasteiger partial charge in [0.15, 0.2) is 5.65 Å². The Morgan fingerprint density at radius 1 is 1.22 bits per heavy atom. The number of fused-ring (bicyclic) bond motifs is 7. The number of nitrogens with zero attached hydrogens (tertiary/aromatic N) is 5. The molecule has 0 unspecified atom stereocenters. The van der Waals surface area contributed by atoms with Crippen molar-refractivity contribution in [2.45, 2.75) is 39.5 Å². The molecule has 0 fully saturated rings. The number of hydrogen-bond donors (Lipinski definition) is 0. The van der Waals surface area contributed by atoms with Gasteiger partial charge >= 0.3 is 0 Å². The second-order valence-corrected chi connectivity index (χ2v) is 7.73. The molecule has 0 radical (unpaired) electrons. The normalized spacial score (nSPS) is 14.6. The Labute approximate surface area is 137 Å². The maximum Gasteiger partial charge on any atom is 0.181 e. The number of rotatable bonds is 2. The number of thiophene rings is 1. The summed E-state index contributed by atoms with van der Waals surface area (Å²) in [5, 5.41) is 9.53. The van der Waals surface area contributed by atoms with E-state index in [0.29, 0.717) is 5.92 Å². The molecule has 116 valence electrons. The van der Waals surface area contributed by atoms with Gasteiger partial charge in [-0.25, -0.2) is 9.97 Å². The SMILES string of the molecule is CC(C)Cc1nc2sc3c(ncn4cnnc34)c2c2c1CCC2. The minimum absolute atomic E-state index is 0.625. The maximum absolute atomic E-state index is 5.04. The van der Waals surface area contributed by atoms with E-state index in [0.717, 1.165) is 40.0 Å². The molecule has 0 aromatic carbocycles. The fraction of sp³-hybridized carbons (Fsp3) is 0.412. The van der Waals surface area contributed by atoms with Crippen LogP contribution < -0.4 is 0 Å². The molecular formula is C17H17N5S. The summed E-state index contributed by atoms with van der Waals surface area (Å²) in [5.41, 5.74) is 6.19. The molecule has 6 heteroatoms. The third kappa shape index (κ3) is 1.84. The molecule has 0 saturated carbocycles. The van der Waals surface area contributed by atoms with Crippen molar-refractivity contribution >= 4 is 37.4 Å². The van der Waals surface area contributed by atoms with Crippen LogP contribution in [0.4, 0.5) is 0 Å². The van der Waals surface area contributed by atoms with Gasteiger partial charge in [-0.2, -0.15) is 0 Å². The van der Waals surface area contributed by atoms with E-state index in [1.807, 2.05) is 10.7 Å². The van der Waals surface area contributed by atoms with Gasteiger partial charge in [0.1, 0.15) is 22.2 Å². The van der Waals surface area contributed by atoms with Crippen molar-refractivity contribution in [1.29, 1.82) is 0 Å². The van der Waals surface area contributed by atoms with E-state index >= 15 is 0 Å². The molecule has 0 saturated heterocycles. The first-order chi connectivity index (χ1) is 11.2. The van der Waals surface area contributed by atoms with Crippen LogP contribution in [-0.2, 0) is 19.3 Å². The van der Waals surface area contributed by atoms with Crippen molar-refractivity contribution in [2.75, 3.05) is 0 Å². The molecular weight excluding hydrogens is 306 g/mol. The van der Waals surface area contributed by atoms with E-state index in [1.165, 1.54) is 28.6 Å². The Morgan fingerprint density at radius 3 is 2.96 bits per heavy atom. The predicted octanol–water partition coefficient (Wildman–Crippen LogP) is 3.57. The smallest absolute Gasteiger partial charge is 0.181 e. The first-order valence-corrected chi connectivity index (χ1v) is 8.95. The maximum atomic E-state index is 5.04. The highest BCUT2D eigenvalue weighted by Crippen LogP contribution is 2.40. The number of pyridine rings is 1. The molecule has 0 aliphatic heterocycles. The standard InChI is InChI=1S/C17H17N5S/c1-9(2)6-12-10-4-3-5-11(10)13-14-15(23-17(13)20-12)16-21-19-8-22(16)7-18-14/h7-9H,3-6H2,1-2H3. The van der Waals surface area contributed by atoms with Gasteiger partial charge in [-0.05, 0) is 42.7 Å². The quantitative estimate of drug-likeness (QED) is 0.566. The lowest BCUT2D eigenvalue weighted by atomic mass is 9.99. The van der Waals surface area contributed by atoms with Crippen molar-refractivity contribution in [2.24, 2.45) is 5.92 Å². The predicted molar refractivity (Wildman–Crippen MR) is 92.0 cm³/mol. The fourth-order valence-corrected chi connectivity index (χ4v) is 4.89. The first-order valence-electron chi connectivity index (χ1n) is 8.13. The third-order valence-corrected chi connectivity index (χ3v) is 5.73. The van der Waals surface area contributed by atoms with Crippen LogP contribution in [0.1, 0.15) is 37.1 Å². The topological polar surface area (TPSA) is 56.0 Å².